The summed E-state index contributed by atoms with van der Waals surface area (Å²) >= 11 is 5.97. The van der Waals surface area contributed by atoms with Gasteiger partial charge in [0.05, 0.1) is 10.7 Å². The van der Waals surface area contributed by atoms with E-state index in [9.17, 15) is 0 Å². The predicted octanol–water partition coefficient (Wildman–Crippen LogP) is 1.39. The van der Waals surface area contributed by atoms with E-state index in [1.54, 1.807) is 10.8 Å². The quantitative estimate of drug-likeness (QED) is 0.619. The average molecular weight is 183 g/mol. The molecule has 0 aliphatic rings. The molecule has 0 saturated heterocycles. The molecule has 0 saturated carbocycles. The van der Waals surface area contributed by atoms with Gasteiger partial charge in [0.1, 0.15) is 6.33 Å². The summed E-state index contributed by atoms with van der Waals surface area (Å²) in [5, 5.41) is 12.4. The summed E-state index contributed by atoms with van der Waals surface area (Å²) in [7, 11) is 0. The number of hydrogen-bond donors (Lipinski definition) is 0. The lowest BCUT2D eigenvalue weighted by Gasteiger charge is -2.01. The van der Waals surface area contributed by atoms with Crippen LogP contribution in [0.5, 0.6) is 0 Å². The van der Waals surface area contributed by atoms with Crippen molar-refractivity contribution in [3.8, 4) is 0 Å². The number of nitrogens with zero attached hydrogens (tertiary/aromatic N) is 4. The molecule has 4 nitrogen and oxygen atoms in total. The Morgan fingerprint density at radius 3 is 2.92 bits per heavy atom. The minimum atomic E-state index is 0.663. The van der Waals surface area contributed by atoms with E-state index in [4.69, 9.17) is 11.6 Å². The molecule has 0 aliphatic heterocycles. The smallest absolute Gasteiger partial charge is 0.181 e. The SMILES string of the molecule is Cc1nn2cnnc2c(C)c1Cl. The zero-order valence-electron chi connectivity index (χ0n) is 6.74. The largest absolute Gasteiger partial charge is 0.200 e. The van der Waals surface area contributed by atoms with Gasteiger partial charge in [0.2, 0.25) is 0 Å². The summed E-state index contributed by atoms with van der Waals surface area (Å²) in [5.41, 5.74) is 2.42. The molecule has 0 aromatic carbocycles. The van der Waals surface area contributed by atoms with E-state index in [2.05, 4.69) is 15.3 Å². The van der Waals surface area contributed by atoms with Gasteiger partial charge in [-0.2, -0.15) is 9.61 Å². The first kappa shape index (κ1) is 7.49. The Kier molecular flexibility index (Phi) is 1.51. The van der Waals surface area contributed by atoms with Crippen LogP contribution in [-0.4, -0.2) is 19.8 Å². The number of aromatic nitrogens is 4. The Balaban J connectivity index is 2.94. The van der Waals surface area contributed by atoms with Crippen molar-refractivity contribution in [1.82, 2.24) is 19.8 Å². The molecule has 0 fully saturated rings. The average Bonchev–Trinajstić information content (AvgIpc) is 2.48. The Morgan fingerprint density at radius 2 is 2.17 bits per heavy atom. The first-order valence-corrected chi connectivity index (χ1v) is 3.90. The zero-order valence-corrected chi connectivity index (χ0v) is 7.50. The van der Waals surface area contributed by atoms with Gasteiger partial charge < -0.3 is 0 Å². The normalized spacial score (nSPS) is 10.9. The number of rotatable bonds is 0. The van der Waals surface area contributed by atoms with Crippen molar-refractivity contribution in [2.24, 2.45) is 0 Å². The molecule has 5 heteroatoms. The second-order valence-corrected chi connectivity index (χ2v) is 3.00. The van der Waals surface area contributed by atoms with Crippen molar-refractivity contribution in [3.05, 3.63) is 22.6 Å². The summed E-state index contributed by atoms with van der Waals surface area (Å²) in [6.07, 6.45) is 1.56. The third-order valence-electron chi connectivity index (χ3n) is 1.77. The molecule has 0 radical (unpaired) electrons. The second kappa shape index (κ2) is 2.42. The lowest BCUT2D eigenvalue weighted by Crippen LogP contribution is -1.97. The van der Waals surface area contributed by atoms with Gasteiger partial charge in [0.25, 0.3) is 0 Å². The van der Waals surface area contributed by atoms with E-state index >= 15 is 0 Å². The van der Waals surface area contributed by atoms with Gasteiger partial charge in [-0.05, 0) is 13.8 Å². The molecule has 0 unspecified atom stereocenters. The Hall–Kier alpha value is -1.16. The topological polar surface area (TPSA) is 43.1 Å². The van der Waals surface area contributed by atoms with Crippen molar-refractivity contribution in [2.75, 3.05) is 0 Å². The molecule has 0 N–H and O–H groups in total. The second-order valence-electron chi connectivity index (χ2n) is 2.62. The van der Waals surface area contributed by atoms with Gasteiger partial charge in [0.15, 0.2) is 5.65 Å². The monoisotopic (exact) mass is 182 g/mol. The first-order chi connectivity index (χ1) is 5.70. The molecule has 0 atom stereocenters. The van der Waals surface area contributed by atoms with Crippen LogP contribution in [0.4, 0.5) is 0 Å². The van der Waals surface area contributed by atoms with E-state index in [0.29, 0.717) is 10.7 Å². The number of fused-ring (bicyclic) bond motifs is 1. The van der Waals surface area contributed by atoms with E-state index in [1.165, 1.54) is 0 Å². The molecule has 0 amide bonds. The van der Waals surface area contributed by atoms with Crippen LogP contribution in [0.3, 0.4) is 0 Å². The Morgan fingerprint density at radius 1 is 1.42 bits per heavy atom. The summed E-state index contributed by atoms with van der Waals surface area (Å²) in [6, 6.07) is 0. The van der Waals surface area contributed by atoms with Crippen LogP contribution in [-0.2, 0) is 0 Å². The van der Waals surface area contributed by atoms with Crippen LogP contribution < -0.4 is 0 Å². The van der Waals surface area contributed by atoms with Crippen molar-refractivity contribution < 1.29 is 0 Å². The third kappa shape index (κ3) is 0.881. The maximum absolute atomic E-state index is 5.97. The number of aryl methyl sites for hydroxylation is 2. The zero-order chi connectivity index (χ0) is 8.72. The minimum absolute atomic E-state index is 0.663. The van der Waals surface area contributed by atoms with Gasteiger partial charge in [0, 0.05) is 5.56 Å². The Labute approximate surface area is 74.2 Å². The van der Waals surface area contributed by atoms with Gasteiger partial charge in [-0.1, -0.05) is 11.6 Å². The van der Waals surface area contributed by atoms with Crippen LogP contribution in [0, 0.1) is 13.8 Å². The highest BCUT2D eigenvalue weighted by Gasteiger charge is 2.07. The predicted molar refractivity (Wildman–Crippen MR) is 45.3 cm³/mol. The molecule has 2 heterocycles. The van der Waals surface area contributed by atoms with Crippen LogP contribution in [0.15, 0.2) is 6.33 Å². The fourth-order valence-corrected chi connectivity index (χ4v) is 1.25. The van der Waals surface area contributed by atoms with Crippen LogP contribution in [0.25, 0.3) is 5.65 Å². The third-order valence-corrected chi connectivity index (χ3v) is 2.33. The lowest BCUT2D eigenvalue weighted by atomic mass is 10.3. The summed E-state index contributed by atoms with van der Waals surface area (Å²) in [6.45, 7) is 3.76. The summed E-state index contributed by atoms with van der Waals surface area (Å²) < 4.78 is 1.62. The molecule has 0 aliphatic carbocycles. The molecular formula is C7H7ClN4. The van der Waals surface area contributed by atoms with Crippen molar-refractivity contribution >= 4 is 17.2 Å². The Bertz CT molecular complexity index is 434. The molecule has 0 bridgehead atoms. The maximum Gasteiger partial charge on any atom is 0.181 e. The van der Waals surface area contributed by atoms with E-state index < -0.39 is 0 Å². The van der Waals surface area contributed by atoms with Crippen molar-refractivity contribution in [2.45, 2.75) is 13.8 Å². The van der Waals surface area contributed by atoms with E-state index in [0.717, 1.165) is 11.3 Å². The minimum Gasteiger partial charge on any atom is -0.200 e. The highest BCUT2D eigenvalue weighted by Crippen LogP contribution is 2.20. The highest BCUT2D eigenvalue weighted by atomic mass is 35.5. The fourth-order valence-electron chi connectivity index (χ4n) is 1.12. The molecule has 2 rings (SSSR count). The summed E-state index contributed by atoms with van der Waals surface area (Å²) in [4.78, 5) is 0. The van der Waals surface area contributed by atoms with E-state index in [-0.39, 0.29) is 0 Å². The fraction of sp³-hybridized carbons (Fsp3) is 0.286. The summed E-state index contributed by atoms with van der Waals surface area (Å²) in [5.74, 6) is 0. The molecule has 2 aromatic rings. The van der Waals surface area contributed by atoms with E-state index in [1.807, 2.05) is 13.8 Å². The van der Waals surface area contributed by atoms with Crippen LogP contribution >= 0.6 is 11.6 Å². The number of halogens is 1. The number of hydrogen-bond acceptors (Lipinski definition) is 3. The van der Waals surface area contributed by atoms with Crippen molar-refractivity contribution in [3.63, 3.8) is 0 Å². The molecule has 12 heavy (non-hydrogen) atoms. The van der Waals surface area contributed by atoms with Crippen LogP contribution in [0.2, 0.25) is 5.02 Å². The van der Waals surface area contributed by atoms with Crippen LogP contribution in [0.1, 0.15) is 11.3 Å². The van der Waals surface area contributed by atoms with Gasteiger partial charge in [-0.15, -0.1) is 10.2 Å². The molecule has 2 aromatic heterocycles. The molecular weight excluding hydrogens is 176 g/mol. The van der Waals surface area contributed by atoms with Crippen molar-refractivity contribution in [1.29, 1.82) is 0 Å². The maximum atomic E-state index is 5.97. The lowest BCUT2D eigenvalue weighted by molar-refractivity contribution is 0.887. The van der Waals surface area contributed by atoms with Gasteiger partial charge in [-0.25, -0.2) is 0 Å². The molecule has 0 spiro atoms. The highest BCUT2D eigenvalue weighted by molar-refractivity contribution is 6.32. The van der Waals surface area contributed by atoms with Gasteiger partial charge in [-0.3, -0.25) is 0 Å². The van der Waals surface area contributed by atoms with Gasteiger partial charge >= 0.3 is 0 Å². The first-order valence-electron chi connectivity index (χ1n) is 3.53. The standard InChI is InChI=1S/C7H7ClN4/c1-4-6(8)5(2)11-12-3-9-10-7(4)12/h3H,1-2H3. The molecule has 62 valence electrons.